The number of likely N-dealkylation sites (tertiary alicyclic amines) is 1. The van der Waals surface area contributed by atoms with Gasteiger partial charge in [0.1, 0.15) is 0 Å². The van der Waals surface area contributed by atoms with Crippen LogP contribution in [0.25, 0.3) is 0 Å². The van der Waals surface area contributed by atoms with Crippen molar-refractivity contribution in [3.05, 3.63) is 33.8 Å². The van der Waals surface area contributed by atoms with E-state index in [4.69, 9.17) is 10.5 Å². The third-order valence-electron chi connectivity index (χ3n) is 3.96. The number of halogens is 1. The lowest BCUT2D eigenvalue weighted by atomic mass is 9.97. The average molecular weight is 341 g/mol. The second kappa shape index (κ2) is 6.70. The topological polar surface area (TPSA) is 55.6 Å². The van der Waals surface area contributed by atoms with Crippen molar-refractivity contribution in [1.82, 2.24) is 4.90 Å². The molecular weight excluding hydrogens is 320 g/mol. The minimum atomic E-state index is 0.0552. The summed E-state index contributed by atoms with van der Waals surface area (Å²) in [5, 5.41) is 0. The molecule has 1 aromatic carbocycles. The molecule has 2 atom stereocenters. The Hall–Kier alpha value is -0.910. The number of ether oxygens (including phenoxy) is 1. The molecule has 5 heteroatoms. The Bertz CT molecular complexity index is 493. The molecule has 110 valence electrons. The Kier molecular flexibility index (Phi) is 5.18. The first kappa shape index (κ1) is 15.5. The van der Waals surface area contributed by atoms with E-state index in [1.54, 1.807) is 7.11 Å². The van der Waals surface area contributed by atoms with Crippen LogP contribution < -0.4 is 5.73 Å². The fourth-order valence-corrected chi connectivity index (χ4v) is 3.06. The number of aryl methyl sites for hydroxylation is 1. The number of hydrogen-bond donors (Lipinski definition) is 1. The third-order valence-corrected chi connectivity index (χ3v) is 4.46. The van der Waals surface area contributed by atoms with Gasteiger partial charge >= 0.3 is 0 Å². The Morgan fingerprint density at radius 2 is 2.30 bits per heavy atom. The highest BCUT2D eigenvalue weighted by atomic mass is 79.9. The second-order valence-electron chi connectivity index (χ2n) is 5.23. The van der Waals surface area contributed by atoms with Crippen LogP contribution in [0.5, 0.6) is 0 Å². The van der Waals surface area contributed by atoms with E-state index in [0.29, 0.717) is 13.1 Å². The number of carbonyl (C=O) groups excluding carboxylic acids is 1. The van der Waals surface area contributed by atoms with Crippen LogP contribution in [0.2, 0.25) is 0 Å². The van der Waals surface area contributed by atoms with Crippen molar-refractivity contribution in [2.45, 2.75) is 31.9 Å². The van der Waals surface area contributed by atoms with Crippen molar-refractivity contribution in [2.75, 3.05) is 20.2 Å². The van der Waals surface area contributed by atoms with Gasteiger partial charge in [0.2, 0.25) is 0 Å². The molecule has 0 spiro atoms. The van der Waals surface area contributed by atoms with Crippen LogP contribution in [0.15, 0.2) is 22.7 Å². The van der Waals surface area contributed by atoms with E-state index >= 15 is 0 Å². The van der Waals surface area contributed by atoms with Gasteiger partial charge in [0.05, 0.1) is 6.10 Å². The lowest BCUT2D eigenvalue weighted by Crippen LogP contribution is -2.51. The highest BCUT2D eigenvalue weighted by molar-refractivity contribution is 9.10. The molecule has 2 N–H and O–H groups in total. The number of rotatable bonds is 3. The summed E-state index contributed by atoms with van der Waals surface area (Å²) >= 11 is 3.43. The lowest BCUT2D eigenvalue weighted by Gasteiger charge is -2.38. The van der Waals surface area contributed by atoms with Crippen molar-refractivity contribution in [3.63, 3.8) is 0 Å². The summed E-state index contributed by atoms with van der Waals surface area (Å²) in [6.45, 7) is 3.13. The van der Waals surface area contributed by atoms with E-state index < -0.39 is 0 Å². The average Bonchev–Trinajstić information content (AvgIpc) is 2.48. The van der Waals surface area contributed by atoms with Gasteiger partial charge < -0.3 is 15.4 Å². The van der Waals surface area contributed by atoms with Gasteiger partial charge in [-0.3, -0.25) is 4.79 Å². The summed E-state index contributed by atoms with van der Waals surface area (Å²) in [6, 6.07) is 5.84. The number of nitrogens with two attached hydrogens (primary N) is 1. The molecule has 1 heterocycles. The molecular formula is C15H21BrN2O2. The largest absolute Gasteiger partial charge is 0.381 e. The van der Waals surface area contributed by atoms with Gasteiger partial charge in [0.15, 0.2) is 0 Å². The molecule has 20 heavy (non-hydrogen) atoms. The molecule has 2 unspecified atom stereocenters. The summed E-state index contributed by atoms with van der Waals surface area (Å²) in [6.07, 6.45) is 1.88. The van der Waals surface area contributed by atoms with Gasteiger partial charge in [0.25, 0.3) is 5.91 Å². The number of piperidine rings is 1. The Labute approximate surface area is 128 Å². The van der Waals surface area contributed by atoms with Crippen molar-refractivity contribution < 1.29 is 9.53 Å². The molecule has 0 bridgehead atoms. The minimum absolute atomic E-state index is 0.0552. The standard InChI is InChI=1S/C15H21BrN2O2/c1-10-3-4-11(16)7-14(10)15(19)18-6-5-13(20-2)8-12(18)9-17/h3-4,7,12-13H,5-6,8-9,17H2,1-2H3. The molecule has 0 saturated carbocycles. The van der Waals surface area contributed by atoms with E-state index in [1.807, 2.05) is 30.0 Å². The van der Waals surface area contributed by atoms with E-state index in [9.17, 15) is 4.79 Å². The van der Waals surface area contributed by atoms with Crippen LogP contribution in [0, 0.1) is 6.92 Å². The number of amides is 1. The van der Waals surface area contributed by atoms with Crippen molar-refractivity contribution in [2.24, 2.45) is 5.73 Å². The number of methoxy groups -OCH3 is 1. The maximum atomic E-state index is 12.7. The maximum absolute atomic E-state index is 12.7. The zero-order valence-corrected chi connectivity index (χ0v) is 13.5. The molecule has 1 fully saturated rings. The number of hydrogen-bond acceptors (Lipinski definition) is 3. The number of carbonyl (C=O) groups is 1. The Balaban J connectivity index is 2.21. The van der Waals surface area contributed by atoms with Gasteiger partial charge in [-0.1, -0.05) is 22.0 Å². The van der Waals surface area contributed by atoms with Crippen LogP contribution >= 0.6 is 15.9 Å². The predicted molar refractivity (Wildman–Crippen MR) is 82.8 cm³/mol. The Morgan fingerprint density at radius 1 is 1.55 bits per heavy atom. The summed E-state index contributed by atoms with van der Waals surface area (Å²) in [7, 11) is 1.72. The zero-order chi connectivity index (χ0) is 14.7. The Morgan fingerprint density at radius 3 is 2.95 bits per heavy atom. The zero-order valence-electron chi connectivity index (χ0n) is 11.9. The summed E-state index contributed by atoms with van der Waals surface area (Å²) in [5.41, 5.74) is 7.57. The van der Waals surface area contributed by atoms with E-state index in [0.717, 1.165) is 28.4 Å². The molecule has 4 nitrogen and oxygen atoms in total. The summed E-state index contributed by atoms with van der Waals surface area (Å²) in [4.78, 5) is 14.6. The van der Waals surface area contributed by atoms with Gasteiger partial charge in [-0.05, 0) is 37.5 Å². The molecule has 2 rings (SSSR count). The second-order valence-corrected chi connectivity index (χ2v) is 6.15. The molecule has 1 aliphatic rings. The first-order valence-corrected chi connectivity index (χ1v) is 7.66. The van der Waals surface area contributed by atoms with Gasteiger partial charge in [-0.2, -0.15) is 0 Å². The van der Waals surface area contributed by atoms with Crippen molar-refractivity contribution in [1.29, 1.82) is 0 Å². The van der Waals surface area contributed by atoms with E-state index in [1.165, 1.54) is 0 Å². The van der Waals surface area contributed by atoms with Crippen molar-refractivity contribution in [3.8, 4) is 0 Å². The van der Waals surface area contributed by atoms with Crippen LogP contribution in [-0.2, 0) is 4.74 Å². The minimum Gasteiger partial charge on any atom is -0.381 e. The SMILES string of the molecule is COC1CCN(C(=O)c2cc(Br)ccc2C)C(CN)C1. The summed E-state index contributed by atoms with van der Waals surface area (Å²) in [5.74, 6) is 0.0637. The molecule has 0 aromatic heterocycles. The van der Waals surface area contributed by atoms with Crippen LogP contribution in [-0.4, -0.2) is 43.2 Å². The van der Waals surface area contributed by atoms with Gasteiger partial charge in [-0.25, -0.2) is 0 Å². The molecule has 0 aliphatic carbocycles. The quantitative estimate of drug-likeness (QED) is 0.918. The molecule has 1 aliphatic heterocycles. The molecule has 1 saturated heterocycles. The van der Waals surface area contributed by atoms with E-state index in [2.05, 4.69) is 15.9 Å². The van der Waals surface area contributed by atoms with Crippen LogP contribution in [0.3, 0.4) is 0 Å². The summed E-state index contributed by atoms with van der Waals surface area (Å²) < 4.78 is 6.32. The van der Waals surface area contributed by atoms with Crippen molar-refractivity contribution >= 4 is 21.8 Å². The molecule has 0 radical (unpaired) electrons. The first-order valence-electron chi connectivity index (χ1n) is 6.86. The number of nitrogens with zero attached hydrogens (tertiary/aromatic N) is 1. The van der Waals surface area contributed by atoms with Gasteiger partial charge in [0, 0.05) is 36.3 Å². The third kappa shape index (κ3) is 3.22. The smallest absolute Gasteiger partial charge is 0.254 e. The first-order chi connectivity index (χ1) is 9.56. The maximum Gasteiger partial charge on any atom is 0.254 e. The fraction of sp³-hybridized carbons (Fsp3) is 0.533. The number of benzene rings is 1. The van der Waals surface area contributed by atoms with Crippen LogP contribution in [0.4, 0.5) is 0 Å². The van der Waals surface area contributed by atoms with Gasteiger partial charge in [-0.15, -0.1) is 0 Å². The van der Waals surface area contributed by atoms with Crippen LogP contribution in [0.1, 0.15) is 28.8 Å². The fourth-order valence-electron chi connectivity index (χ4n) is 2.70. The molecule has 1 amide bonds. The molecule has 1 aromatic rings. The lowest BCUT2D eigenvalue weighted by molar-refractivity contribution is 0.0138. The predicted octanol–water partition coefficient (Wildman–Crippen LogP) is 2.34. The van der Waals surface area contributed by atoms with E-state index in [-0.39, 0.29) is 18.1 Å². The highest BCUT2D eigenvalue weighted by Gasteiger charge is 2.31. The monoisotopic (exact) mass is 340 g/mol. The highest BCUT2D eigenvalue weighted by Crippen LogP contribution is 2.24. The normalized spacial score (nSPS) is 22.9.